The molecule has 3 aromatic carbocycles. The van der Waals surface area contributed by atoms with Crippen molar-refractivity contribution in [3.8, 4) is 0 Å². The second-order valence-electron chi connectivity index (χ2n) is 6.01. The molecule has 0 aliphatic rings. The molecule has 0 spiro atoms. The maximum Gasteiger partial charge on any atom is 0.266 e. The highest BCUT2D eigenvalue weighted by molar-refractivity contribution is 7.92. The average Bonchev–Trinajstić information content (AvgIpc) is 2.73. The van der Waals surface area contributed by atoms with Gasteiger partial charge in [0.2, 0.25) is 0 Å². The van der Waals surface area contributed by atoms with E-state index in [9.17, 15) is 26.0 Å². The lowest BCUT2D eigenvalue weighted by Gasteiger charge is -2.10. The fraction of sp³-hybridized carbons (Fsp3) is 0. The lowest BCUT2D eigenvalue weighted by atomic mass is 10.2. The minimum Gasteiger partial charge on any atom is -0.280 e. The highest BCUT2D eigenvalue weighted by Gasteiger charge is 2.18. The molecule has 0 saturated carbocycles. The number of benzene rings is 3. The lowest BCUT2D eigenvalue weighted by molar-refractivity contribution is 0.0945. The number of hydrogen-bond acceptors (Lipinski definition) is 5. The standard InChI is InChI=1S/C19H16FN3O5S2/c20-15-6-10-17(11-7-15)29(25,26)22-16-8-12-18(13-9-16)30(27,28)23-21-19(24)14-4-2-1-3-5-14/h1-13,22-23H,(H,21,24). The zero-order valence-corrected chi connectivity index (χ0v) is 16.9. The Morgan fingerprint density at radius 2 is 1.23 bits per heavy atom. The second-order valence-corrected chi connectivity index (χ2v) is 9.37. The molecule has 0 atom stereocenters. The Kier molecular flexibility index (Phi) is 6.15. The first-order chi connectivity index (χ1) is 14.2. The number of halogens is 1. The number of hydrogen-bond donors (Lipinski definition) is 3. The summed E-state index contributed by atoms with van der Waals surface area (Å²) in [6, 6.07) is 17.1. The van der Waals surface area contributed by atoms with Gasteiger partial charge in [-0.3, -0.25) is 14.9 Å². The zero-order chi connectivity index (χ0) is 21.8. The Morgan fingerprint density at radius 3 is 1.83 bits per heavy atom. The van der Waals surface area contributed by atoms with Crippen molar-refractivity contribution < 1.29 is 26.0 Å². The summed E-state index contributed by atoms with van der Waals surface area (Å²) in [4.78, 5) is 13.6. The molecule has 30 heavy (non-hydrogen) atoms. The normalized spacial score (nSPS) is 11.6. The van der Waals surface area contributed by atoms with E-state index < -0.39 is 31.8 Å². The summed E-state index contributed by atoms with van der Waals surface area (Å²) in [5.41, 5.74) is 2.47. The third-order valence-corrected chi connectivity index (χ3v) is 6.54. The van der Waals surface area contributed by atoms with Crippen LogP contribution >= 0.6 is 0 Å². The summed E-state index contributed by atoms with van der Waals surface area (Å²) in [5, 5.41) is 0. The Morgan fingerprint density at radius 1 is 0.700 bits per heavy atom. The molecule has 0 aromatic heterocycles. The largest absolute Gasteiger partial charge is 0.280 e. The van der Waals surface area contributed by atoms with Crippen molar-refractivity contribution in [3.63, 3.8) is 0 Å². The number of carbonyl (C=O) groups excluding carboxylic acids is 1. The van der Waals surface area contributed by atoms with Gasteiger partial charge in [-0.15, -0.1) is 4.83 Å². The molecule has 8 nitrogen and oxygen atoms in total. The molecule has 1 amide bonds. The molecule has 3 N–H and O–H groups in total. The van der Waals surface area contributed by atoms with Crippen molar-refractivity contribution in [3.05, 3.63) is 90.2 Å². The fourth-order valence-electron chi connectivity index (χ4n) is 2.36. The summed E-state index contributed by atoms with van der Waals surface area (Å²) >= 11 is 0. The number of nitrogens with one attached hydrogen (secondary N) is 3. The van der Waals surface area contributed by atoms with Crippen molar-refractivity contribution in [2.45, 2.75) is 9.79 Å². The number of rotatable bonds is 7. The van der Waals surface area contributed by atoms with E-state index in [1.165, 1.54) is 36.4 Å². The SMILES string of the molecule is O=C(NNS(=O)(=O)c1ccc(NS(=O)(=O)c2ccc(F)cc2)cc1)c1ccccc1. The molecule has 11 heteroatoms. The Labute approximate surface area is 172 Å². The number of carbonyl (C=O) groups is 1. The van der Waals surface area contributed by atoms with E-state index in [4.69, 9.17) is 0 Å². The molecule has 156 valence electrons. The summed E-state index contributed by atoms with van der Waals surface area (Å²) in [6.07, 6.45) is 0. The van der Waals surface area contributed by atoms with Crippen molar-refractivity contribution in [2.24, 2.45) is 0 Å². The molecule has 3 aromatic rings. The van der Waals surface area contributed by atoms with Crippen LogP contribution in [0.25, 0.3) is 0 Å². The van der Waals surface area contributed by atoms with Gasteiger partial charge in [0.05, 0.1) is 9.79 Å². The van der Waals surface area contributed by atoms with Crippen LogP contribution in [-0.2, 0) is 20.0 Å². The van der Waals surface area contributed by atoms with E-state index in [0.717, 1.165) is 24.3 Å². The summed E-state index contributed by atoms with van der Waals surface area (Å²) in [5.74, 6) is -1.21. The first kappa shape index (κ1) is 21.4. The molecule has 3 rings (SSSR count). The highest BCUT2D eigenvalue weighted by atomic mass is 32.2. The van der Waals surface area contributed by atoms with E-state index in [-0.39, 0.29) is 21.0 Å². The lowest BCUT2D eigenvalue weighted by Crippen LogP contribution is -2.41. The van der Waals surface area contributed by atoms with Crippen molar-refractivity contribution in [2.75, 3.05) is 4.72 Å². The third-order valence-electron chi connectivity index (χ3n) is 3.88. The van der Waals surface area contributed by atoms with Crippen molar-refractivity contribution in [1.29, 1.82) is 0 Å². The molecule has 0 aliphatic carbocycles. The van der Waals surface area contributed by atoms with E-state index in [2.05, 4.69) is 10.1 Å². The summed E-state index contributed by atoms with van der Waals surface area (Å²) in [7, 11) is -8.05. The van der Waals surface area contributed by atoms with E-state index in [1.54, 1.807) is 18.2 Å². The molecule has 0 saturated heterocycles. The molecule has 0 fully saturated rings. The van der Waals surface area contributed by atoms with Crippen LogP contribution in [0.15, 0.2) is 88.7 Å². The summed E-state index contributed by atoms with van der Waals surface area (Å²) < 4.78 is 64.5. The van der Waals surface area contributed by atoms with Crippen molar-refractivity contribution in [1.82, 2.24) is 10.3 Å². The van der Waals surface area contributed by atoms with Gasteiger partial charge in [-0.05, 0) is 60.7 Å². The first-order valence-electron chi connectivity index (χ1n) is 8.43. The maximum absolute atomic E-state index is 13.0. The topological polar surface area (TPSA) is 121 Å². The van der Waals surface area contributed by atoms with Gasteiger partial charge in [0, 0.05) is 11.3 Å². The van der Waals surface area contributed by atoms with Crippen LogP contribution in [0.4, 0.5) is 10.1 Å². The van der Waals surface area contributed by atoms with Gasteiger partial charge in [-0.2, -0.15) is 0 Å². The smallest absolute Gasteiger partial charge is 0.266 e. The molecule has 0 heterocycles. The average molecular weight is 449 g/mol. The van der Waals surface area contributed by atoms with Gasteiger partial charge in [0.15, 0.2) is 0 Å². The van der Waals surface area contributed by atoms with Crippen LogP contribution in [0.5, 0.6) is 0 Å². The van der Waals surface area contributed by atoms with Gasteiger partial charge in [0.25, 0.3) is 26.0 Å². The first-order valence-corrected chi connectivity index (χ1v) is 11.4. The number of hydrazine groups is 1. The summed E-state index contributed by atoms with van der Waals surface area (Å²) in [6.45, 7) is 0. The van der Waals surface area contributed by atoms with Gasteiger partial charge in [0.1, 0.15) is 5.82 Å². The minimum absolute atomic E-state index is 0.103. The second kappa shape index (κ2) is 8.61. The number of sulfonamides is 2. The van der Waals surface area contributed by atoms with Crippen molar-refractivity contribution >= 4 is 31.6 Å². The Balaban J connectivity index is 1.68. The van der Waals surface area contributed by atoms with Crippen LogP contribution < -0.4 is 15.0 Å². The van der Waals surface area contributed by atoms with Crippen LogP contribution in [0, 0.1) is 5.82 Å². The van der Waals surface area contributed by atoms with Crippen LogP contribution in [0.1, 0.15) is 10.4 Å². The highest BCUT2D eigenvalue weighted by Crippen LogP contribution is 2.18. The van der Waals surface area contributed by atoms with Gasteiger partial charge in [-0.1, -0.05) is 18.2 Å². The predicted octanol–water partition coefficient (Wildman–Crippen LogP) is 2.25. The molecule has 0 bridgehead atoms. The molecule has 0 radical (unpaired) electrons. The van der Waals surface area contributed by atoms with E-state index in [1.807, 2.05) is 4.83 Å². The minimum atomic E-state index is -4.08. The molecule has 0 aliphatic heterocycles. The molecule has 0 unspecified atom stereocenters. The zero-order valence-electron chi connectivity index (χ0n) is 15.2. The Bertz CT molecular complexity index is 1250. The van der Waals surface area contributed by atoms with E-state index >= 15 is 0 Å². The number of anilines is 1. The molecular formula is C19H16FN3O5S2. The third kappa shape index (κ3) is 5.20. The van der Waals surface area contributed by atoms with Gasteiger partial charge >= 0.3 is 0 Å². The maximum atomic E-state index is 13.0. The van der Waals surface area contributed by atoms with Crippen LogP contribution in [0.3, 0.4) is 0 Å². The van der Waals surface area contributed by atoms with Crippen LogP contribution in [-0.4, -0.2) is 22.7 Å². The predicted molar refractivity (Wildman–Crippen MR) is 108 cm³/mol. The monoisotopic (exact) mass is 449 g/mol. The van der Waals surface area contributed by atoms with E-state index in [0.29, 0.717) is 0 Å². The van der Waals surface area contributed by atoms with Gasteiger partial charge < -0.3 is 0 Å². The fourth-order valence-corrected chi connectivity index (χ4v) is 4.26. The quantitative estimate of drug-likeness (QED) is 0.478. The number of amides is 1. The Hall–Kier alpha value is -3.28. The molecular weight excluding hydrogens is 433 g/mol. The van der Waals surface area contributed by atoms with Crippen LogP contribution in [0.2, 0.25) is 0 Å². The van der Waals surface area contributed by atoms with Gasteiger partial charge in [-0.25, -0.2) is 21.2 Å².